The van der Waals surface area contributed by atoms with Crippen LogP contribution in [0.2, 0.25) is 0 Å². The fourth-order valence-corrected chi connectivity index (χ4v) is 6.65. The Balaban J connectivity index is 1.49. The molecule has 5 aromatic rings. The van der Waals surface area contributed by atoms with Crippen molar-refractivity contribution >= 4 is 26.7 Å². The van der Waals surface area contributed by atoms with Gasteiger partial charge in [-0.25, -0.2) is 22.4 Å². The lowest BCUT2D eigenvalue weighted by Gasteiger charge is -2.28. The average Bonchev–Trinajstić information content (AvgIpc) is 3.55. The molecule has 3 heterocycles. The molecule has 2 N–H and O–H groups in total. The fourth-order valence-electron chi connectivity index (χ4n) is 5.35. The smallest absolute Gasteiger partial charge is 0.269 e. The molecule has 2 aromatic carbocycles. The van der Waals surface area contributed by atoms with Crippen molar-refractivity contribution in [3.05, 3.63) is 78.4 Å². The molecule has 0 spiro atoms. The van der Waals surface area contributed by atoms with Crippen molar-refractivity contribution in [2.75, 3.05) is 7.11 Å². The first-order valence-electron chi connectivity index (χ1n) is 13.1. The Morgan fingerprint density at radius 1 is 1.03 bits per heavy atom. The third-order valence-electron chi connectivity index (χ3n) is 7.53. The van der Waals surface area contributed by atoms with Gasteiger partial charge in [0.25, 0.3) is 10.0 Å². The van der Waals surface area contributed by atoms with E-state index in [4.69, 9.17) is 9.72 Å². The minimum atomic E-state index is -3.85. The van der Waals surface area contributed by atoms with Gasteiger partial charge in [-0.3, -0.25) is 4.40 Å². The number of imidazole rings is 1. The van der Waals surface area contributed by atoms with E-state index in [-0.39, 0.29) is 10.9 Å². The van der Waals surface area contributed by atoms with Gasteiger partial charge in [0.2, 0.25) is 0 Å². The molecule has 9 nitrogen and oxygen atoms in total. The Kier molecular flexibility index (Phi) is 6.62. The molecule has 10 heteroatoms. The van der Waals surface area contributed by atoms with Crippen molar-refractivity contribution in [3.8, 4) is 17.0 Å². The first-order chi connectivity index (χ1) is 18.9. The summed E-state index contributed by atoms with van der Waals surface area (Å²) in [6.45, 7) is 2.33. The van der Waals surface area contributed by atoms with E-state index >= 15 is 0 Å². The molecule has 2 atom stereocenters. The molecule has 0 bridgehead atoms. The van der Waals surface area contributed by atoms with Crippen LogP contribution < -0.4 is 10.1 Å². The first-order valence-corrected chi connectivity index (χ1v) is 14.6. The van der Waals surface area contributed by atoms with Crippen LogP contribution in [0.4, 0.5) is 0 Å². The van der Waals surface area contributed by atoms with Gasteiger partial charge in [-0.05, 0) is 62.2 Å². The molecule has 0 saturated heterocycles. The van der Waals surface area contributed by atoms with Crippen molar-refractivity contribution in [2.45, 2.75) is 56.2 Å². The summed E-state index contributed by atoms with van der Waals surface area (Å²) in [6.07, 6.45) is 6.61. The summed E-state index contributed by atoms with van der Waals surface area (Å²) in [5.41, 5.74) is 4.33. The molecule has 1 saturated carbocycles. The van der Waals surface area contributed by atoms with Crippen molar-refractivity contribution in [1.29, 1.82) is 0 Å². The summed E-state index contributed by atoms with van der Waals surface area (Å²) >= 11 is 0. The molecule has 2 unspecified atom stereocenters. The van der Waals surface area contributed by atoms with Crippen LogP contribution in [0.1, 0.15) is 37.1 Å². The highest BCUT2D eigenvalue weighted by Crippen LogP contribution is 2.31. The molecule has 6 rings (SSSR count). The lowest BCUT2D eigenvalue weighted by atomic mass is 9.93. The topological polar surface area (TPSA) is 111 Å². The quantitative estimate of drug-likeness (QED) is 0.314. The second kappa shape index (κ2) is 10.1. The summed E-state index contributed by atoms with van der Waals surface area (Å²) in [7, 11) is -2.23. The van der Waals surface area contributed by atoms with Crippen molar-refractivity contribution in [1.82, 2.24) is 23.7 Å². The summed E-state index contributed by atoms with van der Waals surface area (Å²) in [4.78, 5) is 9.80. The normalized spacial score (nSPS) is 18.1. The Morgan fingerprint density at radius 3 is 2.49 bits per heavy atom. The van der Waals surface area contributed by atoms with Gasteiger partial charge >= 0.3 is 0 Å². The number of hydrogen-bond donors (Lipinski definition) is 2. The summed E-state index contributed by atoms with van der Waals surface area (Å²) < 4.78 is 35.6. The molecular formula is C29H31N5O4S. The maximum atomic E-state index is 13.5. The number of aliphatic hydroxyl groups excluding tert-OH is 1. The molecule has 3 aromatic heterocycles. The molecule has 0 aliphatic heterocycles. The molecule has 1 aliphatic carbocycles. The van der Waals surface area contributed by atoms with E-state index in [9.17, 15) is 13.5 Å². The number of methoxy groups -OCH3 is 1. The number of aliphatic hydroxyl groups is 1. The SMILES string of the molecule is COc1ccc(-c2nc(CNC3CCCCC3O)n3c2cnc2c3ccn2S(=O)(=O)c2ccc(C)cc2)cc1. The highest BCUT2D eigenvalue weighted by Gasteiger charge is 2.25. The zero-order valence-corrected chi connectivity index (χ0v) is 22.7. The number of nitrogens with zero attached hydrogens (tertiary/aromatic N) is 4. The van der Waals surface area contributed by atoms with Crippen LogP contribution in [-0.4, -0.2) is 51.1 Å². The lowest BCUT2D eigenvalue weighted by molar-refractivity contribution is 0.0899. The van der Waals surface area contributed by atoms with E-state index in [0.29, 0.717) is 23.5 Å². The minimum Gasteiger partial charge on any atom is -0.497 e. The number of hydrogen-bond acceptors (Lipinski definition) is 7. The fraction of sp³-hybridized carbons (Fsp3) is 0.310. The maximum Gasteiger partial charge on any atom is 0.269 e. The molecule has 39 heavy (non-hydrogen) atoms. The third-order valence-corrected chi connectivity index (χ3v) is 9.21. The van der Waals surface area contributed by atoms with E-state index in [1.54, 1.807) is 49.8 Å². The van der Waals surface area contributed by atoms with Gasteiger partial charge in [0.05, 0.1) is 47.6 Å². The van der Waals surface area contributed by atoms with E-state index in [1.807, 2.05) is 35.6 Å². The summed E-state index contributed by atoms with van der Waals surface area (Å²) in [5.74, 6) is 1.46. The van der Waals surface area contributed by atoms with Gasteiger partial charge < -0.3 is 15.2 Å². The number of benzene rings is 2. The average molecular weight is 546 g/mol. The molecule has 0 amide bonds. The minimum absolute atomic E-state index is 0.0145. The second-order valence-electron chi connectivity index (χ2n) is 10.1. The van der Waals surface area contributed by atoms with Crippen LogP contribution >= 0.6 is 0 Å². The van der Waals surface area contributed by atoms with E-state index < -0.39 is 16.1 Å². The summed E-state index contributed by atoms with van der Waals surface area (Å²) in [5, 5.41) is 14.0. The number of aryl methyl sites for hydroxylation is 1. The molecular weight excluding hydrogens is 514 g/mol. The lowest BCUT2D eigenvalue weighted by Crippen LogP contribution is -2.41. The molecule has 1 aliphatic rings. The predicted molar refractivity (Wildman–Crippen MR) is 149 cm³/mol. The molecule has 202 valence electrons. The van der Waals surface area contributed by atoms with Crippen LogP contribution in [0.25, 0.3) is 27.9 Å². The van der Waals surface area contributed by atoms with Crippen LogP contribution in [0.3, 0.4) is 0 Å². The largest absolute Gasteiger partial charge is 0.497 e. The van der Waals surface area contributed by atoms with Gasteiger partial charge in [-0.2, -0.15) is 0 Å². The summed E-state index contributed by atoms with van der Waals surface area (Å²) in [6, 6.07) is 16.2. The Hall–Kier alpha value is -3.73. The number of rotatable bonds is 7. The first kappa shape index (κ1) is 25.5. The number of aromatic nitrogens is 4. The van der Waals surface area contributed by atoms with Gasteiger partial charge in [0.15, 0.2) is 5.65 Å². The van der Waals surface area contributed by atoms with Crippen LogP contribution in [0.15, 0.2) is 71.9 Å². The second-order valence-corrected chi connectivity index (χ2v) is 11.9. The zero-order chi connectivity index (χ0) is 27.1. The van der Waals surface area contributed by atoms with Gasteiger partial charge in [0.1, 0.15) is 11.6 Å². The third kappa shape index (κ3) is 4.58. The van der Waals surface area contributed by atoms with E-state index in [2.05, 4.69) is 10.3 Å². The van der Waals surface area contributed by atoms with Crippen LogP contribution in [-0.2, 0) is 16.6 Å². The highest BCUT2D eigenvalue weighted by atomic mass is 32.2. The van der Waals surface area contributed by atoms with Crippen LogP contribution in [0, 0.1) is 6.92 Å². The highest BCUT2D eigenvalue weighted by molar-refractivity contribution is 7.90. The number of fused-ring (bicyclic) bond motifs is 3. The standard InChI is InChI=1S/C29H31N5O4S/c1-19-7-13-22(14-8-19)39(36,37)33-16-15-24-29(33)31-17-25-28(20-9-11-21(38-2)12-10-20)32-27(34(24)25)18-30-23-5-3-4-6-26(23)35/h7-17,23,26,30,35H,3-6,18H2,1-2H3. The Morgan fingerprint density at radius 2 is 1.77 bits per heavy atom. The molecule has 1 fully saturated rings. The van der Waals surface area contributed by atoms with Crippen LogP contribution in [0.5, 0.6) is 5.75 Å². The predicted octanol–water partition coefficient (Wildman–Crippen LogP) is 4.30. The monoisotopic (exact) mass is 545 g/mol. The van der Waals surface area contributed by atoms with Crippen molar-refractivity contribution in [2.24, 2.45) is 0 Å². The van der Waals surface area contributed by atoms with Crippen molar-refractivity contribution in [3.63, 3.8) is 0 Å². The van der Waals surface area contributed by atoms with Gasteiger partial charge in [0, 0.05) is 17.8 Å². The Bertz CT molecular complexity index is 1740. The number of ether oxygens (including phenoxy) is 1. The van der Waals surface area contributed by atoms with E-state index in [1.165, 1.54) is 3.97 Å². The maximum absolute atomic E-state index is 13.5. The van der Waals surface area contributed by atoms with Gasteiger partial charge in [-0.15, -0.1) is 0 Å². The Labute approximate surface area is 227 Å². The van der Waals surface area contributed by atoms with E-state index in [0.717, 1.165) is 53.8 Å². The van der Waals surface area contributed by atoms with Gasteiger partial charge in [-0.1, -0.05) is 30.5 Å². The number of nitrogens with one attached hydrogen (secondary N) is 1. The van der Waals surface area contributed by atoms with Crippen molar-refractivity contribution < 1.29 is 18.3 Å². The molecule has 0 radical (unpaired) electrons. The zero-order valence-electron chi connectivity index (χ0n) is 21.9.